The minimum Gasteiger partial charge on any atom is -0.205 e. The molecule has 1 aliphatic rings. The van der Waals surface area contributed by atoms with Gasteiger partial charge >= 0.3 is 0 Å². The van der Waals surface area contributed by atoms with Crippen LogP contribution in [0.5, 0.6) is 0 Å². The fraction of sp³-hybridized carbons (Fsp3) is 0.150. The van der Waals surface area contributed by atoms with Crippen molar-refractivity contribution in [1.29, 1.82) is 0 Å². The summed E-state index contributed by atoms with van der Waals surface area (Å²) < 4.78 is 15.9. The van der Waals surface area contributed by atoms with Gasteiger partial charge in [-0.1, -0.05) is 53.9 Å². The van der Waals surface area contributed by atoms with E-state index in [2.05, 4.69) is 17.1 Å². The summed E-state index contributed by atoms with van der Waals surface area (Å²) in [5.74, 6) is 0.177. The largest absolute Gasteiger partial charge is 0.216 e. The zero-order valence-corrected chi connectivity index (χ0v) is 18.2. The Labute approximate surface area is 186 Å². The van der Waals surface area contributed by atoms with Gasteiger partial charge in [0.2, 0.25) is 5.16 Å². The van der Waals surface area contributed by atoms with E-state index in [9.17, 15) is 4.39 Å². The number of allylic oxidation sites excluding steroid dienone is 1. The summed E-state index contributed by atoms with van der Waals surface area (Å²) in [4.78, 5) is 0.763. The topological polar surface area (TPSA) is 43.1 Å². The third-order valence-corrected chi connectivity index (χ3v) is 6.04. The Morgan fingerprint density at radius 2 is 1.83 bits per heavy atom. The van der Waals surface area contributed by atoms with Gasteiger partial charge in [0, 0.05) is 21.9 Å². The SMILES string of the molecule is CCCc1nnc2n1N=C(c1cc(F)c(Cl)cc1Cl)/C(=C/c1ccc(Cl)cc1)S2. The summed E-state index contributed by atoms with van der Waals surface area (Å²) in [5.41, 5.74) is 1.88. The molecule has 0 amide bonds. The molecule has 2 heterocycles. The second-order valence-corrected chi connectivity index (χ2v) is 8.58. The van der Waals surface area contributed by atoms with E-state index in [0.29, 0.717) is 26.5 Å². The molecular weight excluding hydrogens is 454 g/mol. The normalized spacial score (nSPS) is 14.8. The van der Waals surface area contributed by atoms with Crippen molar-refractivity contribution >= 4 is 58.4 Å². The third kappa shape index (κ3) is 4.21. The maximum atomic E-state index is 14.2. The van der Waals surface area contributed by atoms with Gasteiger partial charge in [-0.3, -0.25) is 0 Å². The fourth-order valence-corrected chi connectivity index (χ4v) is 4.39. The maximum absolute atomic E-state index is 14.2. The van der Waals surface area contributed by atoms with Gasteiger partial charge in [0.1, 0.15) is 11.5 Å². The van der Waals surface area contributed by atoms with Gasteiger partial charge < -0.3 is 0 Å². The van der Waals surface area contributed by atoms with E-state index in [1.807, 2.05) is 18.2 Å². The smallest absolute Gasteiger partial charge is 0.205 e. The second kappa shape index (κ2) is 8.48. The molecule has 0 aliphatic carbocycles. The van der Waals surface area contributed by atoms with Crippen LogP contribution in [-0.2, 0) is 6.42 Å². The molecule has 1 aromatic heterocycles. The van der Waals surface area contributed by atoms with Crippen LogP contribution in [0.1, 0.15) is 30.3 Å². The molecule has 29 heavy (non-hydrogen) atoms. The highest BCUT2D eigenvalue weighted by molar-refractivity contribution is 8.04. The van der Waals surface area contributed by atoms with Crippen molar-refractivity contribution in [3.05, 3.63) is 79.1 Å². The number of nitrogens with zero attached hydrogens (tertiary/aromatic N) is 4. The summed E-state index contributed by atoms with van der Waals surface area (Å²) in [6, 6.07) is 10.1. The van der Waals surface area contributed by atoms with Gasteiger partial charge in [0.05, 0.1) is 10.0 Å². The Morgan fingerprint density at radius 3 is 2.55 bits per heavy atom. The van der Waals surface area contributed by atoms with E-state index in [1.165, 1.54) is 23.9 Å². The van der Waals surface area contributed by atoms with E-state index >= 15 is 0 Å². The summed E-state index contributed by atoms with van der Waals surface area (Å²) >= 11 is 19.7. The van der Waals surface area contributed by atoms with Crippen LogP contribution in [0.15, 0.2) is 51.6 Å². The van der Waals surface area contributed by atoms with Crippen molar-refractivity contribution < 1.29 is 4.39 Å². The highest BCUT2D eigenvalue weighted by atomic mass is 35.5. The lowest BCUT2D eigenvalue weighted by molar-refractivity contribution is 0.628. The summed E-state index contributed by atoms with van der Waals surface area (Å²) in [6.07, 6.45) is 3.56. The number of benzene rings is 2. The number of hydrogen-bond donors (Lipinski definition) is 0. The van der Waals surface area contributed by atoms with Gasteiger partial charge in [-0.05, 0) is 54.1 Å². The number of halogens is 4. The predicted octanol–water partition coefficient (Wildman–Crippen LogP) is 6.73. The molecule has 0 bridgehead atoms. The maximum Gasteiger partial charge on any atom is 0.216 e. The molecule has 0 saturated carbocycles. The van der Waals surface area contributed by atoms with Crippen molar-refractivity contribution in [2.75, 3.05) is 0 Å². The van der Waals surface area contributed by atoms with Crippen LogP contribution >= 0.6 is 46.6 Å². The molecule has 148 valence electrons. The number of aryl methyl sites for hydroxylation is 1. The molecular formula is C20H14Cl3FN4S. The molecule has 0 radical (unpaired) electrons. The zero-order chi connectivity index (χ0) is 20.5. The van der Waals surface area contributed by atoms with Crippen molar-refractivity contribution in [1.82, 2.24) is 14.9 Å². The van der Waals surface area contributed by atoms with Crippen LogP contribution < -0.4 is 0 Å². The molecule has 0 saturated heterocycles. The zero-order valence-electron chi connectivity index (χ0n) is 15.2. The fourth-order valence-electron chi connectivity index (χ4n) is 2.83. The van der Waals surface area contributed by atoms with Gasteiger partial charge in [-0.15, -0.1) is 10.2 Å². The molecule has 3 aromatic rings. The molecule has 0 fully saturated rings. The molecule has 4 rings (SSSR count). The molecule has 2 aromatic carbocycles. The number of fused-ring (bicyclic) bond motifs is 1. The van der Waals surface area contributed by atoms with Crippen molar-refractivity contribution in [2.45, 2.75) is 24.9 Å². The Hall–Kier alpha value is -1.86. The van der Waals surface area contributed by atoms with Crippen LogP contribution in [0.3, 0.4) is 0 Å². The Bertz CT molecular complexity index is 1140. The monoisotopic (exact) mass is 466 g/mol. The first kappa shape index (κ1) is 20.4. The van der Waals surface area contributed by atoms with Crippen LogP contribution in [0.4, 0.5) is 4.39 Å². The molecule has 0 N–H and O–H groups in total. The first-order valence-corrected chi connectivity index (χ1v) is 10.7. The van der Waals surface area contributed by atoms with Crippen molar-refractivity contribution in [3.8, 4) is 0 Å². The molecule has 0 atom stereocenters. The third-order valence-electron chi connectivity index (χ3n) is 4.22. The number of rotatable bonds is 4. The minimum absolute atomic E-state index is 0.0392. The average Bonchev–Trinajstić information content (AvgIpc) is 3.08. The predicted molar refractivity (Wildman–Crippen MR) is 118 cm³/mol. The van der Waals surface area contributed by atoms with Crippen LogP contribution in [0.2, 0.25) is 15.1 Å². The van der Waals surface area contributed by atoms with E-state index in [0.717, 1.165) is 29.1 Å². The lowest BCUT2D eigenvalue weighted by Crippen LogP contribution is -2.14. The first-order chi connectivity index (χ1) is 14.0. The van der Waals surface area contributed by atoms with Crippen LogP contribution in [-0.4, -0.2) is 20.6 Å². The van der Waals surface area contributed by atoms with E-state index in [-0.39, 0.29) is 5.02 Å². The number of thioether (sulfide) groups is 1. The Kier molecular flexibility index (Phi) is 5.97. The molecule has 0 unspecified atom stereocenters. The molecule has 9 heteroatoms. The van der Waals surface area contributed by atoms with Gasteiger partial charge in [-0.2, -0.15) is 9.78 Å². The lowest BCUT2D eigenvalue weighted by Gasteiger charge is -2.18. The lowest BCUT2D eigenvalue weighted by atomic mass is 10.1. The van der Waals surface area contributed by atoms with Crippen LogP contribution in [0, 0.1) is 5.82 Å². The van der Waals surface area contributed by atoms with E-state index in [1.54, 1.807) is 16.8 Å². The molecule has 0 spiro atoms. The van der Waals surface area contributed by atoms with Crippen LogP contribution in [0.25, 0.3) is 6.08 Å². The average molecular weight is 468 g/mol. The van der Waals surface area contributed by atoms with Crippen molar-refractivity contribution in [3.63, 3.8) is 0 Å². The van der Waals surface area contributed by atoms with Gasteiger partial charge in [0.25, 0.3) is 0 Å². The summed E-state index contributed by atoms with van der Waals surface area (Å²) in [7, 11) is 0. The summed E-state index contributed by atoms with van der Waals surface area (Å²) in [5, 5.41) is 14.8. The molecule has 1 aliphatic heterocycles. The quantitative estimate of drug-likeness (QED) is 0.400. The molecule has 4 nitrogen and oxygen atoms in total. The van der Waals surface area contributed by atoms with Gasteiger partial charge in [0.15, 0.2) is 5.82 Å². The minimum atomic E-state index is -0.562. The number of aromatic nitrogens is 3. The van der Waals surface area contributed by atoms with Crippen molar-refractivity contribution in [2.24, 2.45) is 5.10 Å². The first-order valence-electron chi connectivity index (χ1n) is 8.80. The Balaban J connectivity index is 1.89. The highest BCUT2D eigenvalue weighted by Gasteiger charge is 2.26. The van der Waals surface area contributed by atoms with Gasteiger partial charge in [-0.25, -0.2) is 4.39 Å². The van der Waals surface area contributed by atoms with E-state index < -0.39 is 5.82 Å². The Morgan fingerprint density at radius 1 is 1.07 bits per heavy atom. The highest BCUT2D eigenvalue weighted by Crippen LogP contribution is 2.37. The number of hydrogen-bond acceptors (Lipinski definition) is 4. The standard InChI is InChI=1S/C20H14Cl3FN4S/c1-2-3-18-25-26-20-28(18)27-19(13-9-16(24)15(23)10-14(13)22)17(29-20)8-11-4-6-12(21)7-5-11/h4-10H,2-3H2,1H3/b17-8-. The van der Waals surface area contributed by atoms with E-state index in [4.69, 9.17) is 39.9 Å². The summed E-state index contributed by atoms with van der Waals surface area (Å²) in [6.45, 7) is 2.06. The second-order valence-electron chi connectivity index (χ2n) is 6.32.